The highest BCUT2D eigenvalue weighted by molar-refractivity contribution is 4.54. The van der Waals surface area contributed by atoms with E-state index in [0.717, 1.165) is 6.42 Å². The first kappa shape index (κ1) is 8.92. The zero-order valence-corrected chi connectivity index (χ0v) is 6.44. The standard InChI is InChI=1S/C7H15O2/c1-5-6-8-9-7(2,3)4/h1,5-6H2,2-4H3. The molecule has 0 aliphatic carbocycles. The Morgan fingerprint density at radius 3 is 2.22 bits per heavy atom. The van der Waals surface area contributed by atoms with E-state index in [1.54, 1.807) is 0 Å². The molecule has 0 spiro atoms. The maximum atomic E-state index is 4.93. The van der Waals surface area contributed by atoms with Gasteiger partial charge in [-0.05, 0) is 27.2 Å². The minimum atomic E-state index is -0.199. The molecule has 1 radical (unpaired) electrons. The highest BCUT2D eigenvalue weighted by atomic mass is 17.2. The topological polar surface area (TPSA) is 18.5 Å². The Balaban J connectivity index is 3.07. The van der Waals surface area contributed by atoms with Crippen molar-refractivity contribution in [3.05, 3.63) is 6.92 Å². The fourth-order valence-corrected chi connectivity index (χ4v) is 0.277. The minimum Gasteiger partial charge on any atom is -0.236 e. The van der Waals surface area contributed by atoms with E-state index < -0.39 is 0 Å². The molecule has 2 nitrogen and oxygen atoms in total. The first-order valence-corrected chi connectivity index (χ1v) is 3.16. The van der Waals surface area contributed by atoms with Gasteiger partial charge in [-0.25, -0.2) is 9.78 Å². The van der Waals surface area contributed by atoms with Crippen LogP contribution in [0.5, 0.6) is 0 Å². The van der Waals surface area contributed by atoms with Crippen molar-refractivity contribution in [1.82, 2.24) is 0 Å². The smallest absolute Gasteiger partial charge is 0.0952 e. The Hall–Kier alpha value is -0.0800. The quantitative estimate of drug-likeness (QED) is 0.331. The van der Waals surface area contributed by atoms with Crippen molar-refractivity contribution < 1.29 is 9.78 Å². The molecular weight excluding hydrogens is 116 g/mol. The van der Waals surface area contributed by atoms with E-state index in [4.69, 9.17) is 9.78 Å². The number of hydrogen-bond donors (Lipinski definition) is 0. The van der Waals surface area contributed by atoms with Gasteiger partial charge in [-0.15, -0.1) is 0 Å². The van der Waals surface area contributed by atoms with E-state index in [0.29, 0.717) is 6.61 Å². The van der Waals surface area contributed by atoms with Crippen molar-refractivity contribution in [1.29, 1.82) is 0 Å². The molecule has 0 aliphatic heterocycles. The molecule has 0 N–H and O–H groups in total. The van der Waals surface area contributed by atoms with Gasteiger partial charge < -0.3 is 0 Å². The molecule has 0 atom stereocenters. The van der Waals surface area contributed by atoms with Crippen molar-refractivity contribution in [3.8, 4) is 0 Å². The summed E-state index contributed by atoms with van der Waals surface area (Å²) in [5, 5.41) is 0. The molecule has 0 heterocycles. The normalized spacial score (nSPS) is 12.0. The van der Waals surface area contributed by atoms with Crippen LogP contribution in [0.4, 0.5) is 0 Å². The summed E-state index contributed by atoms with van der Waals surface area (Å²) in [7, 11) is 0. The number of rotatable bonds is 3. The first-order chi connectivity index (χ1) is 4.06. The molecule has 55 valence electrons. The maximum Gasteiger partial charge on any atom is 0.0952 e. The molecule has 0 fully saturated rings. The van der Waals surface area contributed by atoms with Crippen LogP contribution < -0.4 is 0 Å². The van der Waals surface area contributed by atoms with Crippen LogP contribution in [0, 0.1) is 6.92 Å². The fraction of sp³-hybridized carbons (Fsp3) is 0.857. The predicted molar refractivity (Wildman–Crippen MR) is 36.8 cm³/mol. The Morgan fingerprint density at radius 2 is 1.89 bits per heavy atom. The van der Waals surface area contributed by atoms with Gasteiger partial charge in [0.25, 0.3) is 0 Å². The van der Waals surface area contributed by atoms with Crippen molar-refractivity contribution in [2.24, 2.45) is 0 Å². The van der Waals surface area contributed by atoms with Crippen molar-refractivity contribution >= 4 is 0 Å². The third-order valence-corrected chi connectivity index (χ3v) is 0.537. The van der Waals surface area contributed by atoms with Crippen molar-refractivity contribution in [3.63, 3.8) is 0 Å². The Kier molecular flexibility index (Phi) is 3.82. The van der Waals surface area contributed by atoms with Gasteiger partial charge in [0.1, 0.15) is 0 Å². The molecule has 0 aromatic rings. The lowest BCUT2D eigenvalue weighted by Crippen LogP contribution is -2.19. The molecule has 0 unspecified atom stereocenters. The van der Waals surface area contributed by atoms with Crippen LogP contribution >= 0.6 is 0 Å². The van der Waals surface area contributed by atoms with Crippen LogP contribution in [0.3, 0.4) is 0 Å². The van der Waals surface area contributed by atoms with Gasteiger partial charge in [0.05, 0.1) is 12.2 Å². The number of hydrogen-bond acceptors (Lipinski definition) is 2. The summed E-state index contributed by atoms with van der Waals surface area (Å²) in [6.07, 6.45) is 0.746. The third-order valence-electron chi connectivity index (χ3n) is 0.537. The lowest BCUT2D eigenvalue weighted by Gasteiger charge is -2.16. The minimum absolute atomic E-state index is 0.199. The molecule has 0 bridgehead atoms. The van der Waals surface area contributed by atoms with Crippen LogP contribution in [0.1, 0.15) is 27.2 Å². The summed E-state index contributed by atoms with van der Waals surface area (Å²) in [5.41, 5.74) is -0.199. The zero-order valence-electron chi connectivity index (χ0n) is 6.44. The summed E-state index contributed by atoms with van der Waals surface area (Å²) in [5.74, 6) is 0. The van der Waals surface area contributed by atoms with E-state index in [2.05, 4.69) is 6.92 Å². The maximum absolute atomic E-state index is 4.93. The van der Waals surface area contributed by atoms with E-state index in [1.165, 1.54) is 0 Å². The highest BCUT2D eigenvalue weighted by Crippen LogP contribution is 2.06. The average Bonchev–Trinajstić information content (AvgIpc) is 1.63. The van der Waals surface area contributed by atoms with Crippen LogP contribution in [0.15, 0.2) is 0 Å². The molecule has 0 saturated heterocycles. The summed E-state index contributed by atoms with van der Waals surface area (Å²) < 4.78 is 0. The van der Waals surface area contributed by atoms with E-state index >= 15 is 0 Å². The summed E-state index contributed by atoms with van der Waals surface area (Å²) in [6, 6.07) is 0. The van der Waals surface area contributed by atoms with Gasteiger partial charge in [0.15, 0.2) is 0 Å². The lowest BCUT2D eigenvalue weighted by atomic mass is 10.2. The third kappa shape index (κ3) is 7.92. The molecule has 0 aromatic heterocycles. The fourth-order valence-electron chi connectivity index (χ4n) is 0.277. The van der Waals surface area contributed by atoms with Gasteiger partial charge in [-0.2, -0.15) is 0 Å². The molecule has 9 heavy (non-hydrogen) atoms. The van der Waals surface area contributed by atoms with Crippen LogP contribution in [-0.4, -0.2) is 12.2 Å². The van der Waals surface area contributed by atoms with Crippen LogP contribution in [0.25, 0.3) is 0 Å². The summed E-state index contributed by atoms with van der Waals surface area (Å²) in [6.45, 7) is 9.99. The second-order valence-electron chi connectivity index (χ2n) is 2.87. The van der Waals surface area contributed by atoms with Gasteiger partial charge in [-0.3, -0.25) is 0 Å². The first-order valence-electron chi connectivity index (χ1n) is 3.16. The second-order valence-corrected chi connectivity index (χ2v) is 2.87. The molecule has 0 aromatic carbocycles. The lowest BCUT2D eigenvalue weighted by molar-refractivity contribution is -0.347. The average molecular weight is 131 g/mol. The van der Waals surface area contributed by atoms with E-state index in [9.17, 15) is 0 Å². The molecule has 2 heteroatoms. The van der Waals surface area contributed by atoms with E-state index in [1.807, 2.05) is 20.8 Å². The molecule has 0 saturated carbocycles. The zero-order chi connectivity index (χ0) is 7.33. The summed E-state index contributed by atoms with van der Waals surface area (Å²) in [4.78, 5) is 9.71. The van der Waals surface area contributed by atoms with E-state index in [-0.39, 0.29) is 5.60 Å². The highest BCUT2D eigenvalue weighted by Gasteiger charge is 2.10. The summed E-state index contributed by atoms with van der Waals surface area (Å²) >= 11 is 0. The van der Waals surface area contributed by atoms with Crippen LogP contribution in [-0.2, 0) is 9.78 Å². The predicted octanol–water partition coefficient (Wildman–Crippen LogP) is 1.96. The van der Waals surface area contributed by atoms with Gasteiger partial charge >= 0.3 is 0 Å². The Bertz CT molecular complexity index is 63.8. The van der Waals surface area contributed by atoms with Crippen molar-refractivity contribution in [2.75, 3.05) is 6.61 Å². The molecule has 0 aliphatic rings. The van der Waals surface area contributed by atoms with Gasteiger partial charge in [-0.1, -0.05) is 6.92 Å². The SMILES string of the molecule is [CH2]CCOOC(C)(C)C. The van der Waals surface area contributed by atoms with Crippen molar-refractivity contribution in [2.45, 2.75) is 32.8 Å². The Morgan fingerprint density at radius 1 is 1.33 bits per heavy atom. The monoisotopic (exact) mass is 131 g/mol. The molecule has 0 rings (SSSR count). The molecular formula is C7H15O2. The Labute approximate surface area is 57.1 Å². The van der Waals surface area contributed by atoms with Crippen LogP contribution in [0.2, 0.25) is 0 Å². The van der Waals surface area contributed by atoms with Gasteiger partial charge in [0.2, 0.25) is 0 Å². The van der Waals surface area contributed by atoms with Gasteiger partial charge in [0, 0.05) is 0 Å². The largest absolute Gasteiger partial charge is 0.236 e. The molecule has 0 amide bonds. The second kappa shape index (κ2) is 3.85.